The zero-order valence-electron chi connectivity index (χ0n) is 32.8. The molecule has 2 fully saturated rings. The normalized spacial score (nSPS) is 18.7. The van der Waals surface area contributed by atoms with E-state index in [0.29, 0.717) is 58.0 Å². The molecule has 0 bridgehead atoms. The number of carbonyl (C=O) groups excluding carboxylic acids is 7. The summed E-state index contributed by atoms with van der Waals surface area (Å²) >= 11 is 4.22. The molecule has 0 aromatic heterocycles. The number of nitrogens with one attached hydrogen (secondary N) is 5. The van der Waals surface area contributed by atoms with Crippen molar-refractivity contribution >= 4 is 71.9 Å². The molecular formula is C35H58N10O13S. The first kappa shape index (κ1) is 50.1. The third-order valence-electron chi connectivity index (χ3n) is 9.79. The third-order valence-corrected chi connectivity index (χ3v) is 10.2. The molecule has 2 rings (SSSR count). The summed E-state index contributed by atoms with van der Waals surface area (Å²) < 4.78 is 0. The van der Waals surface area contributed by atoms with Gasteiger partial charge in [0.05, 0.1) is 25.4 Å². The molecule has 0 aliphatic carbocycles. The van der Waals surface area contributed by atoms with Gasteiger partial charge in [-0.25, -0.2) is 4.79 Å². The van der Waals surface area contributed by atoms with Crippen molar-refractivity contribution in [3.8, 4) is 0 Å². The number of rotatable bonds is 26. The Morgan fingerprint density at radius 1 is 0.644 bits per heavy atom. The molecule has 59 heavy (non-hydrogen) atoms. The quantitative estimate of drug-likeness (QED) is 0.0288. The number of nitrogens with two attached hydrogens (primary N) is 3. The van der Waals surface area contributed by atoms with Crippen LogP contribution in [0.4, 0.5) is 0 Å². The van der Waals surface area contributed by atoms with E-state index in [0.717, 1.165) is 0 Å². The molecule has 7 amide bonds. The van der Waals surface area contributed by atoms with Crippen molar-refractivity contribution in [1.29, 1.82) is 0 Å². The van der Waals surface area contributed by atoms with Gasteiger partial charge in [0.1, 0.15) is 36.3 Å². The summed E-state index contributed by atoms with van der Waals surface area (Å²) in [6.07, 6.45) is 2.03. The van der Waals surface area contributed by atoms with Crippen LogP contribution in [0.2, 0.25) is 0 Å². The zero-order chi connectivity index (χ0) is 44.2. The molecule has 2 aliphatic rings. The first-order valence-corrected chi connectivity index (χ1v) is 20.1. The number of nitrogens with zero attached hydrogens (tertiary/aromatic N) is 2. The third kappa shape index (κ3) is 16.2. The van der Waals surface area contributed by atoms with Crippen LogP contribution in [-0.2, 0) is 47.9 Å². The maximum absolute atomic E-state index is 13.9. The van der Waals surface area contributed by atoms with E-state index in [2.05, 4.69) is 33.9 Å². The Kier molecular flexibility index (Phi) is 21.6. The van der Waals surface area contributed by atoms with E-state index in [1.807, 2.05) is 5.32 Å². The van der Waals surface area contributed by atoms with Crippen molar-refractivity contribution in [2.24, 2.45) is 17.2 Å². The van der Waals surface area contributed by atoms with Crippen LogP contribution >= 0.6 is 12.6 Å². The SMILES string of the molecule is NCCCC[C@H](NC(=O)[C@@H](N)CCCCN)C(=O)NCC(=O)N[C@@H](CS)C(=O)N1CCC[C@H]1C(=O)N1CCC[C@H]1C(=O)N[C@@H](CC(=O)O)C(=O)N[C@@H](CC(=O)O)C(=O)O. The summed E-state index contributed by atoms with van der Waals surface area (Å²) in [6.45, 7) is 0.447. The number of amides is 7. The van der Waals surface area contributed by atoms with E-state index in [1.54, 1.807) is 0 Å². The summed E-state index contributed by atoms with van der Waals surface area (Å²) in [5.74, 6) is -10.4. The molecule has 7 atom stereocenters. The highest BCUT2D eigenvalue weighted by Gasteiger charge is 2.44. The van der Waals surface area contributed by atoms with Gasteiger partial charge in [-0.05, 0) is 70.9 Å². The largest absolute Gasteiger partial charge is 0.481 e. The van der Waals surface area contributed by atoms with Gasteiger partial charge in [-0.15, -0.1) is 0 Å². The molecule has 0 aromatic rings. The van der Waals surface area contributed by atoms with E-state index >= 15 is 0 Å². The van der Waals surface area contributed by atoms with Gasteiger partial charge in [0.15, 0.2) is 0 Å². The second kappa shape index (κ2) is 25.4. The smallest absolute Gasteiger partial charge is 0.326 e. The lowest BCUT2D eigenvalue weighted by Crippen LogP contribution is -2.59. The van der Waals surface area contributed by atoms with Crippen molar-refractivity contribution in [2.75, 3.05) is 38.5 Å². The molecule has 0 unspecified atom stereocenters. The van der Waals surface area contributed by atoms with Crippen LogP contribution in [0, 0.1) is 0 Å². The van der Waals surface area contributed by atoms with Gasteiger partial charge in [0.25, 0.3) is 0 Å². The molecule has 2 heterocycles. The summed E-state index contributed by atoms with van der Waals surface area (Å²) in [7, 11) is 0. The van der Waals surface area contributed by atoms with Crippen molar-refractivity contribution < 1.29 is 63.3 Å². The van der Waals surface area contributed by atoms with E-state index < -0.39 is 121 Å². The molecular weight excluding hydrogens is 801 g/mol. The molecule has 0 aromatic carbocycles. The van der Waals surface area contributed by atoms with Gasteiger partial charge in [-0.2, -0.15) is 12.6 Å². The topological polar surface area (TPSA) is 376 Å². The van der Waals surface area contributed by atoms with Crippen LogP contribution in [-0.4, -0.2) is 165 Å². The molecule has 14 N–H and O–H groups in total. The summed E-state index contributed by atoms with van der Waals surface area (Å²) in [4.78, 5) is 129. The predicted octanol–water partition coefficient (Wildman–Crippen LogP) is -4.43. The van der Waals surface area contributed by atoms with Crippen LogP contribution in [0.1, 0.15) is 77.0 Å². The van der Waals surface area contributed by atoms with E-state index in [4.69, 9.17) is 22.3 Å². The monoisotopic (exact) mass is 858 g/mol. The standard InChI is InChI=1S/C35H58N10O13S/c36-11-3-1-7-19(38)29(51)41-20(8-2-4-12-37)30(52)39-17-26(46)40-23(18-59)33(55)45-14-6-10-25(45)34(56)44-13-5-9-24(44)32(54)42-21(15-27(47)48)31(53)43-22(35(57)58)16-28(49)50/h19-25,59H,1-18,36-38H2,(H,39,52)(H,40,46)(H,41,51)(H,42,54)(H,43,53)(H,47,48)(H,49,50)(H,57,58)/t19-,20-,21-,22-,23-,24-,25-/m0/s1. The second-order valence-electron chi connectivity index (χ2n) is 14.3. The lowest BCUT2D eigenvalue weighted by Gasteiger charge is -2.33. The molecule has 332 valence electrons. The number of thiol groups is 1. The highest BCUT2D eigenvalue weighted by molar-refractivity contribution is 7.80. The number of likely N-dealkylation sites (tertiary alicyclic amines) is 2. The minimum atomic E-state index is -1.92. The number of carbonyl (C=O) groups is 10. The maximum Gasteiger partial charge on any atom is 0.326 e. The number of hydrogen-bond acceptors (Lipinski definition) is 14. The minimum Gasteiger partial charge on any atom is -0.481 e. The lowest BCUT2D eigenvalue weighted by molar-refractivity contribution is -0.149. The fourth-order valence-electron chi connectivity index (χ4n) is 6.68. The van der Waals surface area contributed by atoms with Gasteiger partial charge >= 0.3 is 17.9 Å². The Bertz CT molecular complexity index is 1540. The van der Waals surface area contributed by atoms with E-state index in [9.17, 15) is 58.2 Å². The van der Waals surface area contributed by atoms with Crippen molar-refractivity contribution in [3.63, 3.8) is 0 Å². The Labute approximate surface area is 346 Å². The molecule has 0 spiro atoms. The summed E-state index contributed by atoms with van der Waals surface area (Å²) in [5, 5.41) is 39.4. The fourth-order valence-corrected chi connectivity index (χ4v) is 6.93. The van der Waals surface area contributed by atoms with Crippen LogP contribution in [0.5, 0.6) is 0 Å². The molecule has 2 aliphatic heterocycles. The Morgan fingerprint density at radius 3 is 1.78 bits per heavy atom. The minimum absolute atomic E-state index is 0.0747. The number of carboxylic acid groups (broad SMARTS) is 3. The Morgan fingerprint density at radius 2 is 1.20 bits per heavy atom. The van der Waals surface area contributed by atoms with Gasteiger partial charge in [-0.1, -0.05) is 6.42 Å². The van der Waals surface area contributed by atoms with Gasteiger partial charge in [-0.3, -0.25) is 43.2 Å². The Balaban J connectivity index is 2.08. The maximum atomic E-state index is 13.9. The number of unbranched alkanes of at least 4 members (excludes halogenated alkanes) is 2. The first-order valence-electron chi connectivity index (χ1n) is 19.5. The molecule has 23 nitrogen and oxygen atoms in total. The highest BCUT2D eigenvalue weighted by Crippen LogP contribution is 2.26. The van der Waals surface area contributed by atoms with E-state index in [-0.39, 0.29) is 38.1 Å². The average Bonchev–Trinajstić information content (AvgIpc) is 3.88. The van der Waals surface area contributed by atoms with Gasteiger partial charge < -0.3 is 68.9 Å². The van der Waals surface area contributed by atoms with Crippen molar-refractivity contribution in [1.82, 2.24) is 36.4 Å². The lowest BCUT2D eigenvalue weighted by atomic mass is 10.1. The van der Waals surface area contributed by atoms with Crippen LogP contribution in [0.3, 0.4) is 0 Å². The average molecular weight is 859 g/mol. The van der Waals surface area contributed by atoms with Gasteiger partial charge in [0.2, 0.25) is 41.4 Å². The molecule has 2 saturated heterocycles. The number of hydrogen-bond donors (Lipinski definition) is 12. The predicted molar refractivity (Wildman–Crippen MR) is 210 cm³/mol. The molecule has 0 saturated carbocycles. The highest BCUT2D eigenvalue weighted by atomic mass is 32.1. The second-order valence-corrected chi connectivity index (χ2v) is 14.7. The van der Waals surface area contributed by atoms with Gasteiger partial charge in [0, 0.05) is 18.8 Å². The fraction of sp³-hybridized carbons (Fsp3) is 0.714. The summed E-state index contributed by atoms with van der Waals surface area (Å²) in [6, 6.07) is -9.10. The first-order chi connectivity index (χ1) is 27.9. The summed E-state index contributed by atoms with van der Waals surface area (Å²) in [5.41, 5.74) is 17.1. The van der Waals surface area contributed by atoms with Crippen LogP contribution in [0.25, 0.3) is 0 Å². The number of carboxylic acids is 3. The van der Waals surface area contributed by atoms with Crippen molar-refractivity contribution in [2.45, 2.75) is 119 Å². The van der Waals surface area contributed by atoms with Crippen LogP contribution < -0.4 is 43.8 Å². The van der Waals surface area contributed by atoms with Crippen LogP contribution in [0.15, 0.2) is 0 Å². The Hall–Kier alpha value is -5.07. The number of aliphatic carboxylic acids is 3. The van der Waals surface area contributed by atoms with Crippen molar-refractivity contribution in [3.05, 3.63) is 0 Å². The molecule has 0 radical (unpaired) electrons. The zero-order valence-corrected chi connectivity index (χ0v) is 33.7. The van der Waals surface area contributed by atoms with E-state index in [1.165, 1.54) is 9.80 Å². The molecule has 24 heteroatoms.